The number of nitrogens with zero attached hydrogens (tertiary/aromatic N) is 6. The second kappa shape index (κ2) is 18.5. The molecule has 0 aliphatic rings. The summed E-state index contributed by atoms with van der Waals surface area (Å²) in [6.45, 7) is 8.87. The van der Waals surface area contributed by atoms with Crippen LogP contribution in [0, 0.1) is 0 Å². The zero-order valence-corrected chi connectivity index (χ0v) is 37.5. The molecule has 6 heteroatoms. The molecule has 10 aromatic rings. The summed E-state index contributed by atoms with van der Waals surface area (Å²) in [6.07, 6.45) is 3.60. The van der Waals surface area contributed by atoms with E-state index in [4.69, 9.17) is 29.9 Å². The van der Waals surface area contributed by atoms with Gasteiger partial charge >= 0.3 is 0 Å². The lowest BCUT2D eigenvalue weighted by molar-refractivity contribution is 0.854. The average molecular weight is 853 g/mol. The molecule has 3 heterocycles. The SMILES string of the molecule is CC(C)c1c(-c2ccccc2)nc(-c2ccccc2)nc1-c1ccc(-c2ccc(-c3ccc(-c4nc(-c5ccccc5)nc(-c5ccccc5)c4C(C)C)cc3)c(-c3ncccn3)c2)cc1. The quantitative estimate of drug-likeness (QED) is 0.129. The second-order valence-electron chi connectivity index (χ2n) is 17.1. The van der Waals surface area contributed by atoms with Gasteiger partial charge in [0.2, 0.25) is 0 Å². The van der Waals surface area contributed by atoms with Crippen molar-refractivity contribution < 1.29 is 0 Å². The van der Waals surface area contributed by atoms with Crippen LogP contribution in [-0.2, 0) is 0 Å². The fraction of sp³-hybridized carbons (Fsp3) is 0.100. The van der Waals surface area contributed by atoms with Gasteiger partial charge in [-0.15, -0.1) is 0 Å². The van der Waals surface area contributed by atoms with Gasteiger partial charge in [-0.3, -0.25) is 0 Å². The van der Waals surface area contributed by atoms with E-state index in [1.165, 1.54) is 0 Å². The lowest BCUT2D eigenvalue weighted by Crippen LogP contribution is -2.05. The van der Waals surface area contributed by atoms with E-state index >= 15 is 0 Å². The molecule has 0 unspecified atom stereocenters. The van der Waals surface area contributed by atoms with Gasteiger partial charge in [0, 0.05) is 62.5 Å². The van der Waals surface area contributed by atoms with E-state index in [1.807, 2.05) is 54.6 Å². The highest BCUT2D eigenvalue weighted by Crippen LogP contribution is 2.41. The Bertz CT molecular complexity index is 3250. The highest BCUT2D eigenvalue weighted by molar-refractivity contribution is 5.87. The molecule has 0 atom stereocenters. The summed E-state index contributed by atoms with van der Waals surface area (Å²) < 4.78 is 0. The topological polar surface area (TPSA) is 77.3 Å². The van der Waals surface area contributed by atoms with Crippen molar-refractivity contribution in [2.24, 2.45) is 0 Å². The minimum absolute atomic E-state index is 0.180. The number of hydrogen-bond acceptors (Lipinski definition) is 6. The Morgan fingerprint density at radius 3 is 1.00 bits per heavy atom. The maximum atomic E-state index is 5.27. The van der Waals surface area contributed by atoms with E-state index in [-0.39, 0.29) is 11.8 Å². The Hall–Kier alpha value is -8.22. The number of hydrogen-bond donors (Lipinski definition) is 0. The molecule has 0 amide bonds. The Labute approximate surface area is 386 Å². The monoisotopic (exact) mass is 852 g/mol. The molecule has 3 aromatic heterocycles. The molecule has 6 nitrogen and oxygen atoms in total. The van der Waals surface area contributed by atoms with E-state index in [9.17, 15) is 0 Å². The molecule has 66 heavy (non-hydrogen) atoms. The summed E-state index contributed by atoms with van der Waals surface area (Å²) in [7, 11) is 0. The van der Waals surface area contributed by atoms with E-state index in [2.05, 4.69) is 167 Å². The summed E-state index contributed by atoms with van der Waals surface area (Å²) in [5.41, 5.74) is 17.4. The molecule has 0 radical (unpaired) electrons. The van der Waals surface area contributed by atoms with Crippen molar-refractivity contribution in [3.63, 3.8) is 0 Å². The summed E-state index contributed by atoms with van der Waals surface area (Å²) in [6, 6.07) is 67.3. The van der Waals surface area contributed by atoms with E-state index in [0.29, 0.717) is 17.5 Å². The van der Waals surface area contributed by atoms with E-state index in [0.717, 1.165) is 95.1 Å². The van der Waals surface area contributed by atoms with Gasteiger partial charge in [-0.2, -0.15) is 0 Å². The van der Waals surface area contributed by atoms with Gasteiger partial charge in [-0.1, -0.05) is 210 Å². The number of aromatic nitrogens is 6. The highest BCUT2D eigenvalue weighted by Gasteiger charge is 2.23. The van der Waals surface area contributed by atoms with Crippen LogP contribution in [0.3, 0.4) is 0 Å². The molecule has 7 aromatic carbocycles. The first-order chi connectivity index (χ1) is 32.4. The Morgan fingerprint density at radius 2 is 0.606 bits per heavy atom. The van der Waals surface area contributed by atoms with Gasteiger partial charge in [-0.05, 0) is 46.2 Å². The molecule has 0 aliphatic heterocycles. The van der Waals surface area contributed by atoms with Crippen molar-refractivity contribution in [2.75, 3.05) is 0 Å². The van der Waals surface area contributed by atoms with Gasteiger partial charge < -0.3 is 0 Å². The molecule has 0 saturated carbocycles. The highest BCUT2D eigenvalue weighted by atomic mass is 14.9. The molecular weight excluding hydrogens is 805 g/mol. The number of rotatable bonds is 11. The third-order valence-electron chi connectivity index (χ3n) is 12.0. The van der Waals surface area contributed by atoms with Crippen molar-refractivity contribution in [1.29, 1.82) is 0 Å². The first kappa shape index (κ1) is 41.8. The minimum atomic E-state index is 0.180. The van der Waals surface area contributed by atoms with Crippen molar-refractivity contribution in [1.82, 2.24) is 29.9 Å². The van der Waals surface area contributed by atoms with E-state index in [1.54, 1.807) is 12.4 Å². The zero-order chi connectivity index (χ0) is 45.0. The van der Waals surface area contributed by atoms with Gasteiger partial charge in [0.1, 0.15) is 0 Å². The van der Waals surface area contributed by atoms with Crippen LogP contribution < -0.4 is 0 Å². The molecular formula is C60H48N6. The molecule has 0 spiro atoms. The fourth-order valence-corrected chi connectivity index (χ4v) is 8.76. The van der Waals surface area contributed by atoms with Gasteiger partial charge in [-0.25, -0.2) is 29.9 Å². The van der Waals surface area contributed by atoms with Gasteiger partial charge in [0.15, 0.2) is 17.5 Å². The normalized spacial score (nSPS) is 11.3. The standard InChI is InChI=1S/C60H48N6/c1-39(2)52-54(43-18-9-5-10-19-43)63-58(47-22-13-7-14-23-47)65-56(52)45-30-26-41(27-31-45)49-34-35-50(51(38-49)60-61-36-17-37-62-60)42-28-32-46(33-29-42)57-53(40(3)4)55(44-20-11-6-12-21-44)64-59(66-57)48-24-15-8-16-25-48/h5-40H,1-4H3. The Kier molecular flexibility index (Phi) is 11.7. The summed E-state index contributed by atoms with van der Waals surface area (Å²) in [5, 5.41) is 0. The predicted octanol–water partition coefficient (Wildman–Crippen LogP) is 15.3. The second-order valence-corrected chi connectivity index (χ2v) is 17.1. The molecule has 0 saturated heterocycles. The summed E-state index contributed by atoms with van der Waals surface area (Å²) >= 11 is 0. The molecule has 0 bridgehead atoms. The predicted molar refractivity (Wildman–Crippen MR) is 270 cm³/mol. The van der Waals surface area contributed by atoms with Crippen LogP contribution in [0.2, 0.25) is 0 Å². The first-order valence-corrected chi connectivity index (χ1v) is 22.6. The Morgan fingerprint density at radius 1 is 0.273 bits per heavy atom. The van der Waals surface area contributed by atoms with Gasteiger partial charge in [0.25, 0.3) is 0 Å². The summed E-state index contributed by atoms with van der Waals surface area (Å²) in [4.78, 5) is 30.4. The van der Waals surface area contributed by atoms with Crippen molar-refractivity contribution in [2.45, 2.75) is 39.5 Å². The maximum Gasteiger partial charge on any atom is 0.160 e. The molecule has 0 fully saturated rings. The molecule has 318 valence electrons. The van der Waals surface area contributed by atoms with E-state index < -0.39 is 0 Å². The molecule has 0 N–H and O–H groups in total. The van der Waals surface area contributed by atoms with Crippen LogP contribution in [0.25, 0.3) is 101 Å². The first-order valence-electron chi connectivity index (χ1n) is 22.6. The van der Waals surface area contributed by atoms with Crippen molar-refractivity contribution in [3.8, 4) is 101 Å². The average Bonchev–Trinajstić information content (AvgIpc) is 3.39. The number of benzene rings is 7. The maximum absolute atomic E-state index is 5.27. The smallest absolute Gasteiger partial charge is 0.160 e. The van der Waals surface area contributed by atoms with Crippen LogP contribution in [0.15, 0.2) is 207 Å². The lowest BCUT2D eigenvalue weighted by atomic mass is 9.90. The van der Waals surface area contributed by atoms with Crippen LogP contribution in [0.4, 0.5) is 0 Å². The zero-order valence-electron chi connectivity index (χ0n) is 37.5. The lowest BCUT2D eigenvalue weighted by Gasteiger charge is -2.19. The third-order valence-corrected chi connectivity index (χ3v) is 12.0. The van der Waals surface area contributed by atoms with Crippen LogP contribution in [0.1, 0.15) is 50.7 Å². The third kappa shape index (κ3) is 8.45. The molecule has 0 aliphatic carbocycles. The van der Waals surface area contributed by atoms with Crippen molar-refractivity contribution in [3.05, 3.63) is 218 Å². The van der Waals surface area contributed by atoms with Crippen LogP contribution in [0.5, 0.6) is 0 Å². The summed E-state index contributed by atoms with van der Waals surface area (Å²) in [5.74, 6) is 2.44. The Balaban J connectivity index is 1.04. The minimum Gasteiger partial charge on any atom is -0.237 e. The molecule has 10 rings (SSSR count). The largest absolute Gasteiger partial charge is 0.237 e. The van der Waals surface area contributed by atoms with Crippen LogP contribution in [-0.4, -0.2) is 29.9 Å². The van der Waals surface area contributed by atoms with Crippen LogP contribution >= 0.6 is 0 Å². The van der Waals surface area contributed by atoms with Gasteiger partial charge in [0.05, 0.1) is 22.8 Å². The van der Waals surface area contributed by atoms with Crippen molar-refractivity contribution >= 4 is 0 Å². The fourth-order valence-electron chi connectivity index (χ4n) is 8.76.